The molecule has 1 saturated heterocycles. The van der Waals surface area contributed by atoms with Crippen LogP contribution >= 0.6 is 11.6 Å². The van der Waals surface area contributed by atoms with Crippen LogP contribution in [0.15, 0.2) is 48.8 Å². The highest BCUT2D eigenvalue weighted by Gasteiger charge is 2.23. The van der Waals surface area contributed by atoms with Gasteiger partial charge in [-0.05, 0) is 43.4 Å². The third-order valence-corrected chi connectivity index (χ3v) is 5.31. The van der Waals surface area contributed by atoms with Gasteiger partial charge in [-0.1, -0.05) is 11.6 Å². The Bertz CT molecular complexity index is 1200. The lowest BCUT2D eigenvalue weighted by Crippen LogP contribution is -2.52. The molecule has 8 heteroatoms. The van der Waals surface area contributed by atoms with Crippen molar-refractivity contribution in [1.82, 2.24) is 25.1 Å². The van der Waals surface area contributed by atoms with Crippen LogP contribution in [0.3, 0.4) is 0 Å². The lowest BCUT2D eigenvalue weighted by Gasteiger charge is -2.37. The van der Waals surface area contributed by atoms with Crippen LogP contribution < -0.4 is 5.32 Å². The normalized spacial score (nSPS) is 14.9. The summed E-state index contributed by atoms with van der Waals surface area (Å²) in [6.07, 6.45) is 3.54. The minimum absolute atomic E-state index is 0.332. The number of likely N-dealkylation sites (N-methyl/N-ethyl adjacent to an activating group) is 1. The molecule has 3 aromatic heterocycles. The van der Waals surface area contributed by atoms with E-state index in [1.54, 1.807) is 12.3 Å². The predicted octanol–water partition coefficient (Wildman–Crippen LogP) is 4.21. The van der Waals surface area contributed by atoms with Crippen molar-refractivity contribution in [3.8, 4) is 22.5 Å². The topological polar surface area (TPSA) is 69.7 Å². The van der Waals surface area contributed by atoms with Crippen molar-refractivity contribution in [3.63, 3.8) is 0 Å². The van der Waals surface area contributed by atoms with E-state index < -0.39 is 0 Å². The van der Waals surface area contributed by atoms with Crippen molar-refractivity contribution in [1.29, 1.82) is 0 Å². The van der Waals surface area contributed by atoms with Gasteiger partial charge in [0.25, 0.3) is 0 Å². The molecule has 0 amide bonds. The fraction of sp³-hybridized carbons (Fsp3) is 0.190. The van der Waals surface area contributed by atoms with Gasteiger partial charge in [-0.2, -0.15) is 5.10 Å². The average molecular weight is 409 g/mol. The van der Waals surface area contributed by atoms with Crippen LogP contribution in [0.1, 0.15) is 0 Å². The third-order valence-electron chi connectivity index (χ3n) is 5.07. The Morgan fingerprint density at radius 3 is 2.83 bits per heavy atom. The maximum Gasteiger partial charge on any atom is 0.132 e. The largest absolute Gasteiger partial charge is 0.378 e. The van der Waals surface area contributed by atoms with Crippen LogP contribution in [0.5, 0.6) is 0 Å². The van der Waals surface area contributed by atoms with Crippen LogP contribution in [-0.4, -0.2) is 51.2 Å². The molecule has 5 rings (SSSR count). The Kier molecular flexibility index (Phi) is 4.41. The molecule has 0 saturated carbocycles. The summed E-state index contributed by atoms with van der Waals surface area (Å²) in [4.78, 5) is 11.5. The van der Waals surface area contributed by atoms with Crippen LogP contribution in [-0.2, 0) is 0 Å². The standard InChI is InChI=1S/C21H18ClFN6/c1-29-10-14(11-29)26-13-7-20-19(24-8-13)5-4-18(27-20)16-9-25-28-21(16)15-6-12(22)2-3-17(15)23/h2-9,14,26H,10-11H2,1H3,(H,25,28). The van der Waals surface area contributed by atoms with Crippen molar-refractivity contribution >= 4 is 28.3 Å². The van der Waals surface area contributed by atoms with E-state index in [-0.39, 0.29) is 5.82 Å². The quantitative estimate of drug-likeness (QED) is 0.529. The fourth-order valence-corrected chi connectivity index (χ4v) is 3.80. The van der Waals surface area contributed by atoms with Gasteiger partial charge in [0.15, 0.2) is 0 Å². The first-order valence-corrected chi connectivity index (χ1v) is 9.66. The fourth-order valence-electron chi connectivity index (χ4n) is 3.63. The maximum absolute atomic E-state index is 14.4. The SMILES string of the molecule is CN1CC(Nc2cnc3ccc(-c4c[nH]nc4-c4cc(Cl)ccc4F)nc3c2)C1. The molecule has 0 aliphatic carbocycles. The average Bonchev–Trinajstić information content (AvgIpc) is 3.18. The number of H-pyrrole nitrogens is 1. The number of hydrogen-bond donors (Lipinski definition) is 2. The van der Waals surface area contributed by atoms with Crippen molar-refractivity contribution in [2.75, 3.05) is 25.5 Å². The van der Waals surface area contributed by atoms with Gasteiger partial charge in [0.05, 0.1) is 34.7 Å². The minimum Gasteiger partial charge on any atom is -0.378 e. The number of anilines is 1. The van der Waals surface area contributed by atoms with Crippen molar-refractivity contribution < 1.29 is 4.39 Å². The van der Waals surface area contributed by atoms with E-state index in [9.17, 15) is 4.39 Å². The van der Waals surface area contributed by atoms with Gasteiger partial charge < -0.3 is 10.2 Å². The minimum atomic E-state index is -0.387. The maximum atomic E-state index is 14.4. The summed E-state index contributed by atoms with van der Waals surface area (Å²) in [6, 6.07) is 10.6. The zero-order chi connectivity index (χ0) is 20.0. The van der Waals surface area contributed by atoms with Crippen LogP contribution in [0.25, 0.3) is 33.5 Å². The molecule has 0 atom stereocenters. The molecular formula is C21H18ClFN6. The molecule has 1 fully saturated rings. The molecule has 29 heavy (non-hydrogen) atoms. The van der Waals surface area contributed by atoms with E-state index in [1.165, 1.54) is 12.1 Å². The van der Waals surface area contributed by atoms with Gasteiger partial charge >= 0.3 is 0 Å². The summed E-state index contributed by atoms with van der Waals surface area (Å²) >= 11 is 6.06. The summed E-state index contributed by atoms with van der Waals surface area (Å²) in [5.41, 5.74) is 4.68. The van der Waals surface area contributed by atoms with Crippen LogP contribution in [0, 0.1) is 5.82 Å². The number of pyridine rings is 2. The number of aromatic nitrogens is 4. The Balaban J connectivity index is 1.52. The number of benzene rings is 1. The van der Waals surface area contributed by atoms with E-state index in [0.29, 0.717) is 33.6 Å². The number of rotatable bonds is 4. The van der Waals surface area contributed by atoms with Crippen molar-refractivity contribution in [2.24, 2.45) is 0 Å². The number of fused-ring (bicyclic) bond motifs is 1. The summed E-state index contributed by atoms with van der Waals surface area (Å²) < 4.78 is 14.4. The van der Waals surface area contributed by atoms with E-state index >= 15 is 0 Å². The molecule has 1 aromatic carbocycles. The van der Waals surface area contributed by atoms with E-state index in [4.69, 9.17) is 16.6 Å². The monoisotopic (exact) mass is 408 g/mol. The van der Waals surface area contributed by atoms with E-state index in [1.807, 2.05) is 24.4 Å². The molecule has 1 aliphatic heterocycles. The first-order chi connectivity index (χ1) is 14.1. The summed E-state index contributed by atoms with van der Waals surface area (Å²) in [6.45, 7) is 2.02. The van der Waals surface area contributed by atoms with Crippen molar-refractivity contribution in [2.45, 2.75) is 6.04 Å². The second kappa shape index (κ2) is 7.09. The Morgan fingerprint density at radius 2 is 2.00 bits per heavy atom. The number of aromatic amines is 1. The van der Waals surface area contributed by atoms with Crippen LogP contribution in [0.4, 0.5) is 10.1 Å². The molecule has 4 aromatic rings. The molecule has 6 nitrogen and oxygen atoms in total. The second-order valence-corrected chi connectivity index (χ2v) is 7.73. The Morgan fingerprint density at radius 1 is 1.14 bits per heavy atom. The van der Waals surface area contributed by atoms with Gasteiger partial charge in [0, 0.05) is 35.4 Å². The third kappa shape index (κ3) is 3.43. The Hall–Kier alpha value is -3.03. The first-order valence-electron chi connectivity index (χ1n) is 9.28. The van der Waals surface area contributed by atoms with Gasteiger partial charge in [-0.25, -0.2) is 9.37 Å². The molecule has 2 N–H and O–H groups in total. The molecule has 0 bridgehead atoms. The van der Waals surface area contributed by atoms with Gasteiger partial charge in [0.2, 0.25) is 0 Å². The van der Waals surface area contributed by atoms with Gasteiger partial charge in [-0.15, -0.1) is 0 Å². The highest BCUT2D eigenvalue weighted by atomic mass is 35.5. The van der Waals surface area contributed by atoms with E-state index in [2.05, 4.69) is 32.4 Å². The van der Waals surface area contributed by atoms with E-state index in [0.717, 1.165) is 29.8 Å². The molecule has 0 unspecified atom stereocenters. The number of nitrogens with one attached hydrogen (secondary N) is 2. The highest BCUT2D eigenvalue weighted by Crippen LogP contribution is 2.33. The molecule has 0 spiro atoms. The van der Waals surface area contributed by atoms with Crippen molar-refractivity contribution in [3.05, 3.63) is 59.6 Å². The lowest BCUT2D eigenvalue weighted by molar-refractivity contribution is 0.205. The van der Waals surface area contributed by atoms with Gasteiger partial charge in [-0.3, -0.25) is 10.1 Å². The molecule has 1 aliphatic rings. The predicted molar refractivity (Wildman–Crippen MR) is 112 cm³/mol. The number of halogens is 2. The number of likely N-dealkylation sites (tertiary alicyclic amines) is 1. The number of nitrogens with zero attached hydrogens (tertiary/aromatic N) is 4. The first kappa shape index (κ1) is 18.0. The summed E-state index contributed by atoms with van der Waals surface area (Å²) in [7, 11) is 2.09. The van der Waals surface area contributed by atoms with Crippen LogP contribution in [0.2, 0.25) is 5.02 Å². The highest BCUT2D eigenvalue weighted by molar-refractivity contribution is 6.30. The molecule has 146 valence electrons. The lowest BCUT2D eigenvalue weighted by atomic mass is 10.0. The molecule has 0 radical (unpaired) electrons. The zero-order valence-electron chi connectivity index (χ0n) is 15.7. The second-order valence-electron chi connectivity index (χ2n) is 7.29. The Labute approximate surface area is 171 Å². The smallest absolute Gasteiger partial charge is 0.132 e. The molecule has 4 heterocycles. The molecular weight excluding hydrogens is 391 g/mol. The number of hydrogen-bond acceptors (Lipinski definition) is 5. The summed E-state index contributed by atoms with van der Waals surface area (Å²) in [5, 5.41) is 11.0. The van der Waals surface area contributed by atoms with Gasteiger partial charge in [0.1, 0.15) is 11.5 Å². The zero-order valence-corrected chi connectivity index (χ0v) is 16.4. The summed E-state index contributed by atoms with van der Waals surface area (Å²) in [5.74, 6) is -0.387.